The highest BCUT2D eigenvalue weighted by molar-refractivity contribution is 7.08. The van der Waals surface area contributed by atoms with Crippen LogP contribution in [0.2, 0.25) is 0 Å². The summed E-state index contributed by atoms with van der Waals surface area (Å²) in [7, 11) is 0. The molecule has 0 saturated heterocycles. The molecule has 2 rings (SSSR count). The second kappa shape index (κ2) is 3.74. The minimum Gasteiger partial charge on any atom is -0.477 e. The van der Waals surface area contributed by atoms with Crippen LogP contribution in [-0.4, -0.2) is 20.7 Å². The van der Waals surface area contributed by atoms with Gasteiger partial charge in [-0.25, -0.2) is 9.18 Å². The number of carboxylic acid groups (broad SMARTS) is 1. The molecule has 0 spiro atoms. The molecule has 1 aromatic heterocycles. The Morgan fingerprint density at radius 1 is 1.47 bits per heavy atom. The van der Waals surface area contributed by atoms with Crippen LogP contribution >= 0.6 is 11.5 Å². The van der Waals surface area contributed by atoms with Crippen molar-refractivity contribution in [1.29, 1.82) is 0 Å². The van der Waals surface area contributed by atoms with Crippen molar-refractivity contribution in [3.05, 3.63) is 35.0 Å². The van der Waals surface area contributed by atoms with E-state index in [1.807, 2.05) is 0 Å². The van der Waals surface area contributed by atoms with E-state index in [0.717, 1.165) is 11.5 Å². The van der Waals surface area contributed by atoms with Crippen LogP contribution in [0.3, 0.4) is 0 Å². The summed E-state index contributed by atoms with van der Waals surface area (Å²) in [5.41, 5.74) is 0.619. The Labute approximate surface area is 88.2 Å². The SMILES string of the molecule is O=C(O)c1snnc1-c1cccc(F)c1. The average molecular weight is 224 g/mol. The molecule has 0 bridgehead atoms. The van der Waals surface area contributed by atoms with Gasteiger partial charge >= 0.3 is 5.97 Å². The molecule has 0 unspecified atom stereocenters. The molecule has 0 amide bonds. The summed E-state index contributed by atoms with van der Waals surface area (Å²) in [6.45, 7) is 0. The number of carboxylic acids is 1. The van der Waals surface area contributed by atoms with Gasteiger partial charge in [-0.2, -0.15) is 0 Å². The Bertz CT molecular complexity index is 512. The fourth-order valence-corrected chi connectivity index (χ4v) is 1.68. The molecule has 2 aromatic rings. The predicted molar refractivity (Wildman–Crippen MR) is 52.3 cm³/mol. The normalized spacial score (nSPS) is 10.2. The largest absolute Gasteiger partial charge is 0.477 e. The molecule has 0 atom stereocenters. The third-order valence-corrected chi connectivity index (χ3v) is 2.49. The van der Waals surface area contributed by atoms with E-state index in [-0.39, 0.29) is 10.6 Å². The number of rotatable bonds is 2. The zero-order chi connectivity index (χ0) is 10.8. The number of benzene rings is 1. The average Bonchev–Trinajstić information content (AvgIpc) is 2.65. The molecule has 0 radical (unpaired) electrons. The molecule has 1 N–H and O–H groups in total. The fourth-order valence-electron chi connectivity index (χ4n) is 1.16. The van der Waals surface area contributed by atoms with E-state index in [9.17, 15) is 9.18 Å². The molecular weight excluding hydrogens is 219 g/mol. The van der Waals surface area contributed by atoms with Crippen LogP contribution in [0, 0.1) is 5.82 Å². The first kappa shape index (κ1) is 9.72. The zero-order valence-corrected chi connectivity index (χ0v) is 8.16. The lowest BCUT2D eigenvalue weighted by Crippen LogP contribution is -1.95. The molecule has 0 aliphatic heterocycles. The Morgan fingerprint density at radius 3 is 2.93 bits per heavy atom. The molecule has 4 nitrogen and oxygen atoms in total. The van der Waals surface area contributed by atoms with Gasteiger partial charge in [0, 0.05) is 5.56 Å². The zero-order valence-electron chi connectivity index (χ0n) is 7.35. The van der Waals surface area contributed by atoms with Crippen LogP contribution in [0.5, 0.6) is 0 Å². The number of aromatic nitrogens is 2. The maximum atomic E-state index is 12.9. The van der Waals surface area contributed by atoms with Crippen LogP contribution in [0.1, 0.15) is 9.67 Å². The lowest BCUT2D eigenvalue weighted by atomic mass is 10.1. The van der Waals surface area contributed by atoms with Gasteiger partial charge in [-0.05, 0) is 23.7 Å². The topological polar surface area (TPSA) is 63.1 Å². The summed E-state index contributed by atoms with van der Waals surface area (Å²) in [4.78, 5) is 10.8. The van der Waals surface area contributed by atoms with Crippen molar-refractivity contribution < 1.29 is 14.3 Å². The van der Waals surface area contributed by atoms with Gasteiger partial charge < -0.3 is 5.11 Å². The van der Waals surface area contributed by atoms with Gasteiger partial charge in [-0.1, -0.05) is 16.6 Å². The summed E-state index contributed by atoms with van der Waals surface area (Å²) in [6, 6.07) is 5.59. The molecule has 0 saturated carbocycles. The van der Waals surface area contributed by atoms with Crippen LogP contribution < -0.4 is 0 Å². The minimum absolute atomic E-state index is 0.0144. The number of aromatic carboxylic acids is 1. The highest BCUT2D eigenvalue weighted by Gasteiger charge is 2.16. The third-order valence-electron chi connectivity index (χ3n) is 1.78. The third kappa shape index (κ3) is 1.84. The Hall–Kier alpha value is -1.82. The van der Waals surface area contributed by atoms with E-state index in [0.29, 0.717) is 5.56 Å². The Balaban J connectivity index is 2.54. The molecule has 0 fully saturated rings. The lowest BCUT2D eigenvalue weighted by molar-refractivity contribution is 0.0702. The molecule has 0 aliphatic rings. The Kier molecular flexibility index (Phi) is 2.42. The van der Waals surface area contributed by atoms with E-state index < -0.39 is 11.8 Å². The van der Waals surface area contributed by atoms with Crippen LogP contribution in [0.15, 0.2) is 24.3 Å². The second-order valence-electron chi connectivity index (χ2n) is 2.77. The van der Waals surface area contributed by atoms with Gasteiger partial charge in [0.05, 0.1) is 0 Å². The van der Waals surface area contributed by atoms with Crippen LogP contribution in [0.25, 0.3) is 11.3 Å². The van der Waals surface area contributed by atoms with E-state index in [2.05, 4.69) is 9.59 Å². The van der Waals surface area contributed by atoms with Gasteiger partial charge in [0.2, 0.25) is 0 Å². The highest BCUT2D eigenvalue weighted by atomic mass is 32.1. The van der Waals surface area contributed by atoms with Gasteiger partial charge in [0.25, 0.3) is 0 Å². The molecule has 6 heteroatoms. The molecule has 76 valence electrons. The van der Waals surface area contributed by atoms with Crippen LogP contribution in [0.4, 0.5) is 4.39 Å². The first-order valence-corrected chi connectivity index (χ1v) is 4.77. The van der Waals surface area contributed by atoms with Crippen molar-refractivity contribution in [1.82, 2.24) is 9.59 Å². The first-order chi connectivity index (χ1) is 7.18. The fraction of sp³-hybridized carbons (Fsp3) is 0. The summed E-state index contributed by atoms with van der Waals surface area (Å²) < 4.78 is 16.4. The number of carbonyl (C=O) groups is 1. The number of halogens is 1. The van der Waals surface area contributed by atoms with E-state index in [1.54, 1.807) is 6.07 Å². The quantitative estimate of drug-likeness (QED) is 0.847. The van der Waals surface area contributed by atoms with Crippen molar-refractivity contribution in [3.63, 3.8) is 0 Å². The molecular formula is C9H5FN2O2S. The molecule has 1 aromatic carbocycles. The van der Waals surface area contributed by atoms with Gasteiger partial charge in [-0.15, -0.1) is 5.10 Å². The van der Waals surface area contributed by atoms with E-state index in [4.69, 9.17) is 5.11 Å². The highest BCUT2D eigenvalue weighted by Crippen LogP contribution is 2.24. The monoisotopic (exact) mass is 224 g/mol. The van der Waals surface area contributed by atoms with Crippen molar-refractivity contribution in [2.45, 2.75) is 0 Å². The maximum Gasteiger partial charge on any atom is 0.349 e. The second-order valence-corrected chi connectivity index (χ2v) is 3.52. The van der Waals surface area contributed by atoms with Crippen molar-refractivity contribution in [2.75, 3.05) is 0 Å². The van der Waals surface area contributed by atoms with Crippen molar-refractivity contribution in [2.24, 2.45) is 0 Å². The molecule has 1 heterocycles. The summed E-state index contributed by atoms with van der Waals surface area (Å²) in [6.07, 6.45) is 0. The number of hydrogen-bond acceptors (Lipinski definition) is 4. The van der Waals surface area contributed by atoms with Gasteiger partial charge in [0.1, 0.15) is 11.5 Å². The predicted octanol–water partition coefficient (Wildman–Crippen LogP) is 2.04. The van der Waals surface area contributed by atoms with E-state index in [1.165, 1.54) is 18.2 Å². The summed E-state index contributed by atoms with van der Waals surface area (Å²) in [5, 5.41) is 12.5. The lowest BCUT2D eigenvalue weighted by Gasteiger charge is -1.97. The number of nitrogens with zero attached hydrogens (tertiary/aromatic N) is 2. The first-order valence-electron chi connectivity index (χ1n) is 4.00. The Morgan fingerprint density at radius 2 is 2.27 bits per heavy atom. The minimum atomic E-state index is -1.11. The van der Waals surface area contributed by atoms with Crippen molar-refractivity contribution in [3.8, 4) is 11.3 Å². The smallest absolute Gasteiger partial charge is 0.349 e. The standard InChI is InChI=1S/C9H5FN2O2S/c10-6-3-1-2-5(4-6)7-8(9(13)14)15-12-11-7/h1-4H,(H,13,14). The van der Waals surface area contributed by atoms with Gasteiger partial charge in [0.15, 0.2) is 4.88 Å². The maximum absolute atomic E-state index is 12.9. The van der Waals surface area contributed by atoms with Crippen LogP contribution in [-0.2, 0) is 0 Å². The molecule has 15 heavy (non-hydrogen) atoms. The summed E-state index contributed by atoms with van der Waals surface area (Å²) >= 11 is 0.775. The summed E-state index contributed by atoms with van der Waals surface area (Å²) in [5.74, 6) is -1.54. The van der Waals surface area contributed by atoms with Gasteiger partial charge in [-0.3, -0.25) is 0 Å². The van der Waals surface area contributed by atoms with E-state index >= 15 is 0 Å². The van der Waals surface area contributed by atoms with Crippen molar-refractivity contribution >= 4 is 17.5 Å². The number of hydrogen-bond donors (Lipinski definition) is 1. The molecule has 0 aliphatic carbocycles.